The molecule has 12 heavy (non-hydrogen) atoms. The van der Waals surface area contributed by atoms with E-state index in [9.17, 15) is 8.42 Å². The number of halogens is 1. The fraction of sp³-hybridized carbons (Fsp3) is 1.00. The Bertz CT molecular complexity index is 230. The van der Waals surface area contributed by atoms with Gasteiger partial charge in [0.1, 0.15) is 0 Å². The Balaban J connectivity index is 4.46. The molecule has 0 aliphatic rings. The molecule has 0 saturated heterocycles. The van der Waals surface area contributed by atoms with Crippen LogP contribution < -0.4 is 4.72 Å². The Kier molecular flexibility index (Phi) is 4.00. The summed E-state index contributed by atoms with van der Waals surface area (Å²) in [6, 6.07) is -0.212. The lowest BCUT2D eigenvalue weighted by Gasteiger charge is -2.22. The zero-order valence-corrected chi connectivity index (χ0v) is 9.46. The lowest BCUT2D eigenvalue weighted by Crippen LogP contribution is -2.44. The maximum absolute atomic E-state index is 11.5. The molecule has 0 fully saturated rings. The van der Waals surface area contributed by atoms with Crippen molar-refractivity contribution < 1.29 is 8.42 Å². The zero-order valence-electron chi connectivity index (χ0n) is 7.89. The first kappa shape index (κ1) is 12.2. The van der Waals surface area contributed by atoms with Crippen molar-refractivity contribution in [2.45, 2.75) is 38.5 Å². The van der Waals surface area contributed by atoms with Crippen molar-refractivity contribution in [1.29, 1.82) is 0 Å². The van der Waals surface area contributed by atoms with E-state index in [-0.39, 0.29) is 11.9 Å². The lowest BCUT2D eigenvalue weighted by atomic mass is 10.3. The third-order valence-corrected chi connectivity index (χ3v) is 4.18. The minimum atomic E-state index is -3.24. The largest absolute Gasteiger partial charge is 0.216 e. The Morgan fingerprint density at radius 1 is 1.42 bits per heavy atom. The minimum absolute atomic E-state index is 0.212. The smallest absolute Gasteiger partial charge is 0.212 e. The van der Waals surface area contributed by atoms with Gasteiger partial charge in [-0.1, -0.05) is 0 Å². The Labute approximate surface area is 79.5 Å². The van der Waals surface area contributed by atoms with E-state index in [1.54, 1.807) is 27.7 Å². The standard InChI is InChI=1S/C7H16ClNO2S/c1-6(5-8)9-12(10,11)7(2,3)4/h6,9H,5H2,1-4H3. The maximum atomic E-state index is 11.5. The van der Waals surface area contributed by atoms with Crippen molar-refractivity contribution in [3.8, 4) is 0 Å². The van der Waals surface area contributed by atoms with Crippen LogP contribution in [-0.4, -0.2) is 25.1 Å². The Hall–Kier alpha value is 0.200. The van der Waals surface area contributed by atoms with Crippen LogP contribution in [-0.2, 0) is 10.0 Å². The van der Waals surface area contributed by atoms with E-state index in [1.807, 2.05) is 0 Å². The number of alkyl halides is 1. The maximum Gasteiger partial charge on any atom is 0.216 e. The molecule has 0 heterocycles. The summed E-state index contributed by atoms with van der Waals surface area (Å²) in [5, 5.41) is 0. The predicted molar refractivity (Wildman–Crippen MR) is 52.0 cm³/mol. The highest BCUT2D eigenvalue weighted by atomic mass is 35.5. The first-order chi connectivity index (χ1) is 5.20. The molecular weight excluding hydrogens is 198 g/mol. The Morgan fingerprint density at radius 2 is 1.83 bits per heavy atom. The molecule has 0 amide bonds. The summed E-state index contributed by atoms with van der Waals surface area (Å²) in [5.41, 5.74) is 0. The average Bonchev–Trinajstić information content (AvgIpc) is 1.84. The summed E-state index contributed by atoms with van der Waals surface area (Å²) < 4.78 is 24.6. The molecule has 0 aliphatic heterocycles. The van der Waals surface area contributed by atoms with Gasteiger partial charge in [-0.3, -0.25) is 0 Å². The van der Waals surface area contributed by atoms with Gasteiger partial charge in [0.25, 0.3) is 0 Å². The van der Waals surface area contributed by atoms with Crippen LogP contribution in [0.3, 0.4) is 0 Å². The topological polar surface area (TPSA) is 46.2 Å². The number of hydrogen-bond donors (Lipinski definition) is 1. The third kappa shape index (κ3) is 3.29. The van der Waals surface area contributed by atoms with E-state index >= 15 is 0 Å². The quantitative estimate of drug-likeness (QED) is 0.720. The molecular formula is C7H16ClNO2S. The van der Waals surface area contributed by atoms with Gasteiger partial charge in [-0.15, -0.1) is 11.6 Å². The summed E-state index contributed by atoms with van der Waals surface area (Å²) >= 11 is 5.48. The van der Waals surface area contributed by atoms with Gasteiger partial charge in [-0.2, -0.15) is 0 Å². The zero-order chi connectivity index (χ0) is 9.99. The molecule has 0 saturated carbocycles. The monoisotopic (exact) mass is 213 g/mol. The van der Waals surface area contributed by atoms with E-state index in [1.165, 1.54) is 0 Å². The Morgan fingerprint density at radius 3 is 2.08 bits per heavy atom. The van der Waals surface area contributed by atoms with E-state index in [0.717, 1.165) is 0 Å². The van der Waals surface area contributed by atoms with Gasteiger partial charge >= 0.3 is 0 Å². The van der Waals surface area contributed by atoms with Gasteiger partial charge in [-0.25, -0.2) is 13.1 Å². The van der Waals surface area contributed by atoms with Gasteiger partial charge in [0, 0.05) is 11.9 Å². The summed E-state index contributed by atoms with van der Waals surface area (Å²) in [6.07, 6.45) is 0. The molecule has 0 spiro atoms. The normalized spacial score (nSPS) is 16.1. The van der Waals surface area contributed by atoms with E-state index in [0.29, 0.717) is 0 Å². The molecule has 0 aromatic heterocycles. The highest BCUT2D eigenvalue weighted by Gasteiger charge is 2.29. The SMILES string of the molecule is CC(CCl)NS(=O)(=O)C(C)(C)C. The second kappa shape index (κ2) is 3.94. The predicted octanol–water partition coefficient (Wildman–Crippen LogP) is 1.33. The number of nitrogens with one attached hydrogen (secondary N) is 1. The van der Waals surface area contributed by atoms with Crippen molar-refractivity contribution in [2.24, 2.45) is 0 Å². The first-order valence-corrected chi connectivity index (χ1v) is 5.80. The van der Waals surface area contributed by atoms with Crippen molar-refractivity contribution >= 4 is 21.6 Å². The average molecular weight is 214 g/mol. The van der Waals surface area contributed by atoms with Crippen LogP contribution in [0.4, 0.5) is 0 Å². The fourth-order valence-corrected chi connectivity index (χ4v) is 1.61. The summed E-state index contributed by atoms with van der Waals surface area (Å²) in [5.74, 6) is 0.287. The minimum Gasteiger partial charge on any atom is -0.212 e. The molecule has 74 valence electrons. The molecule has 1 unspecified atom stereocenters. The summed E-state index contributed by atoms with van der Waals surface area (Å²) in [7, 11) is -3.24. The van der Waals surface area contributed by atoms with Crippen LogP contribution in [0.15, 0.2) is 0 Å². The molecule has 0 aromatic rings. The highest BCUT2D eigenvalue weighted by molar-refractivity contribution is 7.90. The molecule has 0 rings (SSSR count). The molecule has 0 aliphatic carbocycles. The van der Waals surface area contributed by atoms with Gasteiger partial charge in [0.05, 0.1) is 4.75 Å². The first-order valence-electron chi connectivity index (χ1n) is 3.78. The van der Waals surface area contributed by atoms with Crippen LogP contribution >= 0.6 is 11.6 Å². The second-order valence-corrected chi connectivity index (χ2v) is 6.56. The van der Waals surface area contributed by atoms with Crippen LogP contribution in [0, 0.1) is 0 Å². The fourth-order valence-electron chi connectivity index (χ4n) is 0.473. The number of hydrogen-bond acceptors (Lipinski definition) is 2. The molecule has 1 N–H and O–H groups in total. The molecule has 0 radical (unpaired) electrons. The molecule has 1 atom stereocenters. The number of rotatable bonds is 3. The van der Waals surface area contributed by atoms with Gasteiger partial charge in [-0.05, 0) is 27.7 Å². The highest BCUT2D eigenvalue weighted by Crippen LogP contribution is 2.13. The van der Waals surface area contributed by atoms with Gasteiger partial charge in [0.2, 0.25) is 10.0 Å². The second-order valence-electron chi connectivity index (χ2n) is 3.79. The van der Waals surface area contributed by atoms with Crippen molar-refractivity contribution in [2.75, 3.05) is 5.88 Å². The van der Waals surface area contributed by atoms with E-state index in [4.69, 9.17) is 11.6 Å². The van der Waals surface area contributed by atoms with E-state index in [2.05, 4.69) is 4.72 Å². The molecule has 5 heteroatoms. The molecule has 0 aromatic carbocycles. The molecule has 3 nitrogen and oxygen atoms in total. The van der Waals surface area contributed by atoms with Gasteiger partial charge in [0.15, 0.2) is 0 Å². The summed E-state index contributed by atoms with van der Waals surface area (Å²) in [6.45, 7) is 6.68. The van der Waals surface area contributed by atoms with Gasteiger partial charge < -0.3 is 0 Å². The molecule has 0 bridgehead atoms. The van der Waals surface area contributed by atoms with Crippen LogP contribution in [0.5, 0.6) is 0 Å². The van der Waals surface area contributed by atoms with Crippen LogP contribution in [0.2, 0.25) is 0 Å². The summed E-state index contributed by atoms with van der Waals surface area (Å²) in [4.78, 5) is 0. The van der Waals surface area contributed by atoms with E-state index < -0.39 is 14.8 Å². The van der Waals surface area contributed by atoms with Crippen LogP contribution in [0.1, 0.15) is 27.7 Å². The van der Waals surface area contributed by atoms with Crippen LogP contribution in [0.25, 0.3) is 0 Å². The van der Waals surface area contributed by atoms with Crippen molar-refractivity contribution in [3.63, 3.8) is 0 Å². The van der Waals surface area contributed by atoms with Crippen molar-refractivity contribution in [3.05, 3.63) is 0 Å². The lowest BCUT2D eigenvalue weighted by molar-refractivity contribution is 0.535. The van der Waals surface area contributed by atoms with Crippen molar-refractivity contribution in [1.82, 2.24) is 4.72 Å². The third-order valence-electron chi connectivity index (χ3n) is 1.39. The number of sulfonamides is 1.